The highest BCUT2D eigenvalue weighted by Gasteiger charge is 2.04. The zero-order valence-electron chi connectivity index (χ0n) is 11.7. The van der Waals surface area contributed by atoms with Crippen LogP contribution in [0.15, 0.2) is 42.6 Å². The molecule has 0 aliphatic rings. The number of amides is 1. The molecular formula is C15H17N3O3. The summed E-state index contributed by atoms with van der Waals surface area (Å²) in [5.41, 5.74) is 3.17. The Balaban J connectivity index is 1.96. The van der Waals surface area contributed by atoms with Gasteiger partial charge >= 0.3 is 0 Å². The third kappa shape index (κ3) is 4.19. The van der Waals surface area contributed by atoms with Crippen LogP contribution in [-0.4, -0.2) is 17.5 Å². The molecular weight excluding hydrogens is 270 g/mol. The molecule has 110 valence electrons. The summed E-state index contributed by atoms with van der Waals surface area (Å²) in [4.78, 5) is 15.4. The molecule has 0 saturated heterocycles. The maximum Gasteiger partial charge on any atom is 0.266 e. The van der Waals surface area contributed by atoms with Crippen molar-refractivity contribution in [3.63, 3.8) is 0 Å². The van der Waals surface area contributed by atoms with Crippen LogP contribution in [0.5, 0.6) is 11.5 Å². The molecule has 2 aromatic rings. The molecule has 0 spiro atoms. The van der Waals surface area contributed by atoms with Crippen molar-refractivity contribution < 1.29 is 14.3 Å². The second-order valence-corrected chi connectivity index (χ2v) is 4.21. The molecule has 0 bridgehead atoms. The van der Waals surface area contributed by atoms with Crippen molar-refractivity contribution in [3.05, 3.63) is 53.9 Å². The topological polar surface area (TPSA) is 86.5 Å². The molecule has 21 heavy (non-hydrogen) atoms. The van der Waals surface area contributed by atoms with Gasteiger partial charge in [0.2, 0.25) is 0 Å². The van der Waals surface area contributed by atoms with Crippen LogP contribution in [0.25, 0.3) is 0 Å². The van der Waals surface area contributed by atoms with Gasteiger partial charge < -0.3 is 9.47 Å². The fourth-order valence-electron chi connectivity index (χ4n) is 1.71. The Bertz CT molecular complexity index is 599. The van der Waals surface area contributed by atoms with E-state index in [-0.39, 0.29) is 5.91 Å². The highest BCUT2D eigenvalue weighted by molar-refractivity contribution is 5.93. The minimum atomic E-state index is -0.376. The van der Waals surface area contributed by atoms with E-state index in [1.54, 1.807) is 12.1 Å². The van der Waals surface area contributed by atoms with Gasteiger partial charge in [-0.25, -0.2) is 5.84 Å². The quantitative estimate of drug-likeness (QED) is 0.479. The predicted molar refractivity (Wildman–Crippen MR) is 77.8 cm³/mol. The largest absolute Gasteiger partial charge is 0.494 e. The number of ether oxygens (including phenoxy) is 2. The third-order valence-corrected chi connectivity index (χ3v) is 2.72. The zero-order valence-corrected chi connectivity index (χ0v) is 11.7. The van der Waals surface area contributed by atoms with Gasteiger partial charge in [-0.2, -0.15) is 0 Å². The Morgan fingerprint density at radius 1 is 1.24 bits per heavy atom. The van der Waals surface area contributed by atoms with Gasteiger partial charge in [0.1, 0.15) is 18.1 Å². The summed E-state index contributed by atoms with van der Waals surface area (Å²) >= 11 is 0. The highest BCUT2D eigenvalue weighted by atomic mass is 16.5. The van der Waals surface area contributed by atoms with E-state index in [4.69, 9.17) is 15.3 Å². The van der Waals surface area contributed by atoms with Gasteiger partial charge in [-0.05, 0) is 31.2 Å². The monoisotopic (exact) mass is 287 g/mol. The van der Waals surface area contributed by atoms with E-state index in [1.807, 2.05) is 31.2 Å². The minimum absolute atomic E-state index is 0.306. The molecule has 3 N–H and O–H groups in total. The molecule has 1 aromatic carbocycles. The lowest BCUT2D eigenvalue weighted by atomic mass is 10.2. The van der Waals surface area contributed by atoms with E-state index < -0.39 is 0 Å². The number of nitrogens with two attached hydrogens (primary N) is 1. The number of aromatic nitrogens is 1. The summed E-state index contributed by atoms with van der Waals surface area (Å²) < 4.78 is 11.0. The Hall–Kier alpha value is -2.60. The summed E-state index contributed by atoms with van der Waals surface area (Å²) in [6, 6.07) is 10.8. The number of nitrogen functional groups attached to an aromatic ring is 1. The lowest BCUT2D eigenvalue weighted by Gasteiger charge is -2.08. The maximum absolute atomic E-state index is 11.3. The maximum atomic E-state index is 11.3. The van der Waals surface area contributed by atoms with Crippen LogP contribution in [0, 0.1) is 0 Å². The van der Waals surface area contributed by atoms with E-state index in [2.05, 4.69) is 10.4 Å². The van der Waals surface area contributed by atoms with Gasteiger partial charge in [0, 0.05) is 12.3 Å². The molecule has 6 heteroatoms. The molecule has 0 atom stereocenters. The Kier molecular flexibility index (Phi) is 5.11. The van der Waals surface area contributed by atoms with Crippen LogP contribution in [0.1, 0.15) is 23.0 Å². The molecule has 0 radical (unpaired) electrons. The molecule has 6 nitrogen and oxygen atoms in total. The second-order valence-electron chi connectivity index (χ2n) is 4.21. The summed E-state index contributed by atoms with van der Waals surface area (Å²) in [5.74, 6) is 6.14. The van der Waals surface area contributed by atoms with Gasteiger partial charge in [0.05, 0.1) is 17.9 Å². The number of hydrogen-bond acceptors (Lipinski definition) is 5. The van der Waals surface area contributed by atoms with Crippen molar-refractivity contribution in [2.45, 2.75) is 13.5 Å². The van der Waals surface area contributed by atoms with Crippen molar-refractivity contribution in [3.8, 4) is 11.5 Å². The number of hydrazine groups is 1. The van der Waals surface area contributed by atoms with Gasteiger partial charge in [-0.1, -0.05) is 6.07 Å². The highest BCUT2D eigenvalue weighted by Crippen LogP contribution is 2.20. The predicted octanol–water partition coefficient (Wildman–Crippen LogP) is 1.66. The summed E-state index contributed by atoms with van der Waals surface area (Å²) in [7, 11) is 0. The number of pyridine rings is 1. The average molecular weight is 287 g/mol. The molecule has 0 aliphatic heterocycles. The van der Waals surface area contributed by atoms with E-state index in [0.29, 0.717) is 30.2 Å². The molecule has 0 fully saturated rings. The first kappa shape index (κ1) is 14.8. The average Bonchev–Trinajstić information content (AvgIpc) is 2.53. The molecule has 0 unspecified atom stereocenters. The molecule has 2 rings (SSSR count). The van der Waals surface area contributed by atoms with E-state index in [1.165, 1.54) is 6.20 Å². The van der Waals surface area contributed by atoms with Crippen molar-refractivity contribution in [1.29, 1.82) is 0 Å². The number of rotatable bonds is 6. The smallest absolute Gasteiger partial charge is 0.266 e. The molecule has 1 amide bonds. The first-order chi connectivity index (χ1) is 10.2. The molecule has 0 aliphatic carbocycles. The number of hydrogen-bond donors (Lipinski definition) is 2. The van der Waals surface area contributed by atoms with Crippen LogP contribution >= 0.6 is 0 Å². The molecule has 1 heterocycles. The summed E-state index contributed by atoms with van der Waals surface area (Å²) in [6.07, 6.45) is 1.46. The fraction of sp³-hybridized carbons (Fsp3) is 0.200. The van der Waals surface area contributed by atoms with Crippen LogP contribution < -0.4 is 20.7 Å². The second kappa shape index (κ2) is 7.25. The zero-order chi connectivity index (χ0) is 15.1. The van der Waals surface area contributed by atoms with E-state index in [9.17, 15) is 4.79 Å². The number of carbonyl (C=O) groups is 1. The van der Waals surface area contributed by atoms with Crippen molar-refractivity contribution in [2.24, 2.45) is 5.84 Å². The first-order valence-corrected chi connectivity index (χ1v) is 6.54. The number of benzene rings is 1. The Labute approximate surface area is 122 Å². The number of nitrogens with one attached hydrogen (secondary N) is 1. The normalized spacial score (nSPS) is 10.0. The van der Waals surface area contributed by atoms with Gasteiger partial charge in [-0.15, -0.1) is 0 Å². The van der Waals surface area contributed by atoms with Crippen LogP contribution in [0.4, 0.5) is 0 Å². The van der Waals surface area contributed by atoms with Gasteiger partial charge in [0.15, 0.2) is 0 Å². The summed E-state index contributed by atoms with van der Waals surface area (Å²) in [5, 5.41) is 0. The minimum Gasteiger partial charge on any atom is -0.494 e. The third-order valence-electron chi connectivity index (χ3n) is 2.72. The Morgan fingerprint density at radius 2 is 2.00 bits per heavy atom. The number of nitrogens with zero attached hydrogens (tertiary/aromatic N) is 1. The lowest BCUT2D eigenvalue weighted by Crippen LogP contribution is -2.30. The van der Waals surface area contributed by atoms with Gasteiger partial charge in [0.25, 0.3) is 5.91 Å². The van der Waals surface area contributed by atoms with Gasteiger partial charge in [-0.3, -0.25) is 15.2 Å². The first-order valence-electron chi connectivity index (χ1n) is 6.54. The van der Waals surface area contributed by atoms with Crippen LogP contribution in [0.2, 0.25) is 0 Å². The lowest BCUT2D eigenvalue weighted by molar-refractivity contribution is 0.0953. The van der Waals surface area contributed by atoms with E-state index >= 15 is 0 Å². The SMILES string of the molecule is CCOc1cccc(OCc2ccc(C(=O)NN)cn2)c1. The summed E-state index contributed by atoms with van der Waals surface area (Å²) in [6.45, 7) is 2.84. The molecule has 1 aromatic heterocycles. The Morgan fingerprint density at radius 3 is 2.62 bits per heavy atom. The molecule has 0 saturated carbocycles. The van der Waals surface area contributed by atoms with Crippen LogP contribution in [0.3, 0.4) is 0 Å². The van der Waals surface area contributed by atoms with Crippen molar-refractivity contribution in [2.75, 3.05) is 6.61 Å². The number of carbonyl (C=O) groups excluding carboxylic acids is 1. The van der Waals surface area contributed by atoms with E-state index in [0.717, 1.165) is 5.75 Å². The fourth-order valence-corrected chi connectivity index (χ4v) is 1.71. The van der Waals surface area contributed by atoms with Crippen molar-refractivity contribution >= 4 is 5.91 Å². The van der Waals surface area contributed by atoms with Crippen LogP contribution in [-0.2, 0) is 6.61 Å². The standard InChI is InChI=1S/C15H17N3O3/c1-2-20-13-4-3-5-14(8-13)21-10-12-7-6-11(9-17-12)15(19)18-16/h3-9H,2,10,16H2,1H3,(H,18,19). The van der Waals surface area contributed by atoms with Crippen molar-refractivity contribution in [1.82, 2.24) is 10.4 Å².